The third-order valence-corrected chi connectivity index (χ3v) is 3.15. The van der Waals surface area contributed by atoms with Crippen LogP contribution in [0.3, 0.4) is 0 Å². The highest BCUT2D eigenvalue weighted by atomic mass is 19.4. The molecule has 0 saturated carbocycles. The van der Waals surface area contributed by atoms with Crippen molar-refractivity contribution in [3.05, 3.63) is 29.8 Å². The van der Waals surface area contributed by atoms with Crippen LogP contribution < -0.4 is 5.32 Å². The van der Waals surface area contributed by atoms with E-state index in [-0.39, 0.29) is 5.91 Å². The summed E-state index contributed by atoms with van der Waals surface area (Å²) in [4.78, 5) is 13.4. The number of hydrogen-bond donors (Lipinski definition) is 1. The van der Waals surface area contributed by atoms with Gasteiger partial charge in [0.1, 0.15) is 0 Å². The van der Waals surface area contributed by atoms with Gasteiger partial charge in [0, 0.05) is 32.2 Å². The van der Waals surface area contributed by atoms with Crippen LogP contribution in [0.15, 0.2) is 24.3 Å². The number of amides is 1. The molecule has 0 aromatic heterocycles. The normalized spacial score (nSPS) is 11.3. The van der Waals surface area contributed by atoms with E-state index >= 15 is 0 Å². The summed E-state index contributed by atoms with van der Waals surface area (Å²) in [6.07, 6.45) is -2.01. The molecule has 0 unspecified atom stereocenters. The van der Waals surface area contributed by atoms with Crippen molar-refractivity contribution in [1.29, 1.82) is 0 Å². The number of nitrogens with one attached hydrogen (secondary N) is 1. The summed E-state index contributed by atoms with van der Waals surface area (Å²) in [5, 5.41) is 2.95. The minimum atomic E-state index is -4.32. The van der Waals surface area contributed by atoms with Gasteiger partial charge in [0.15, 0.2) is 0 Å². The highest BCUT2D eigenvalue weighted by Gasteiger charge is 2.29. The number of benzene rings is 1. The number of halogens is 3. The van der Waals surface area contributed by atoms with Gasteiger partial charge in [0.2, 0.25) is 5.91 Å². The Morgan fingerprint density at radius 1 is 1.24 bits per heavy atom. The number of carbonyl (C=O) groups is 1. The third-order valence-electron chi connectivity index (χ3n) is 3.15. The quantitative estimate of drug-likeness (QED) is 0.831. The van der Waals surface area contributed by atoms with Crippen molar-refractivity contribution in [2.75, 3.05) is 25.5 Å². The van der Waals surface area contributed by atoms with Gasteiger partial charge in [-0.25, -0.2) is 0 Å². The van der Waals surface area contributed by atoms with Crippen molar-refractivity contribution >= 4 is 11.6 Å². The van der Waals surface area contributed by atoms with E-state index < -0.39 is 11.7 Å². The van der Waals surface area contributed by atoms with Crippen LogP contribution in [-0.4, -0.2) is 30.9 Å². The van der Waals surface area contributed by atoms with Gasteiger partial charge in [-0.2, -0.15) is 13.2 Å². The molecular weight excluding hydrogens is 281 g/mol. The predicted octanol–water partition coefficient (Wildman–Crippen LogP) is 3.77. The largest absolute Gasteiger partial charge is 0.416 e. The van der Waals surface area contributed by atoms with Gasteiger partial charge in [0.05, 0.1) is 5.56 Å². The molecule has 0 aliphatic carbocycles. The van der Waals surface area contributed by atoms with E-state index in [1.807, 2.05) is 0 Å². The molecule has 1 N–H and O–H groups in total. The van der Waals surface area contributed by atoms with Gasteiger partial charge in [-0.05, 0) is 30.7 Å². The van der Waals surface area contributed by atoms with Crippen molar-refractivity contribution in [3.63, 3.8) is 0 Å². The molecule has 0 saturated heterocycles. The van der Waals surface area contributed by atoms with Crippen LogP contribution in [-0.2, 0) is 11.0 Å². The molecule has 0 aliphatic heterocycles. The van der Waals surface area contributed by atoms with Gasteiger partial charge in [-0.15, -0.1) is 0 Å². The first kappa shape index (κ1) is 17.3. The highest BCUT2D eigenvalue weighted by Crippen LogP contribution is 2.29. The van der Waals surface area contributed by atoms with Gasteiger partial charge in [-0.3, -0.25) is 4.79 Å². The van der Waals surface area contributed by atoms with Crippen LogP contribution in [0.4, 0.5) is 18.9 Å². The van der Waals surface area contributed by atoms with Crippen LogP contribution in [0.5, 0.6) is 0 Å². The zero-order chi connectivity index (χ0) is 15.9. The summed E-state index contributed by atoms with van der Waals surface area (Å²) in [5.41, 5.74) is -0.101. The van der Waals surface area contributed by atoms with E-state index in [4.69, 9.17) is 0 Å². The van der Waals surface area contributed by atoms with Crippen molar-refractivity contribution in [3.8, 4) is 0 Å². The van der Waals surface area contributed by atoms with E-state index in [1.165, 1.54) is 12.1 Å². The van der Waals surface area contributed by atoms with Gasteiger partial charge in [-0.1, -0.05) is 13.3 Å². The van der Waals surface area contributed by atoms with Crippen molar-refractivity contribution in [1.82, 2.24) is 4.90 Å². The van der Waals surface area contributed by atoms with Crippen molar-refractivity contribution in [2.24, 2.45) is 0 Å². The van der Waals surface area contributed by atoms with Crippen LogP contribution >= 0.6 is 0 Å². The Bertz CT molecular complexity index is 443. The number of alkyl halides is 3. The Morgan fingerprint density at radius 3 is 2.38 bits per heavy atom. The molecule has 0 aliphatic rings. The number of nitrogens with zero attached hydrogens (tertiary/aromatic N) is 1. The Hall–Kier alpha value is -1.72. The Morgan fingerprint density at radius 2 is 1.86 bits per heavy atom. The van der Waals surface area contributed by atoms with Crippen LogP contribution in [0.25, 0.3) is 0 Å². The molecular formula is C15H21F3N2O. The number of rotatable bonds is 7. The fourth-order valence-corrected chi connectivity index (χ4v) is 1.80. The molecule has 0 spiro atoms. The first-order valence-electron chi connectivity index (χ1n) is 6.99. The van der Waals surface area contributed by atoms with Crippen molar-refractivity contribution < 1.29 is 18.0 Å². The number of hydrogen-bond acceptors (Lipinski definition) is 2. The zero-order valence-electron chi connectivity index (χ0n) is 12.3. The lowest BCUT2D eigenvalue weighted by molar-refractivity contribution is -0.137. The number of unbranched alkanes of at least 4 members (excludes halogenated alkanes) is 1. The molecule has 6 heteroatoms. The lowest BCUT2D eigenvalue weighted by atomic mass is 10.2. The Labute approximate surface area is 123 Å². The molecule has 0 heterocycles. The summed E-state index contributed by atoms with van der Waals surface area (Å²) in [5.74, 6) is 0.0304. The lowest BCUT2D eigenvalue weighted by Gasteiger charge is -2.17. The van der Waals surface area contributed by atoms with Gasteiger partial charge < -0.3 is 10.2 Å². The summed E-state index contributed by atoms with van der Waals surface area (Å²) < 4.78 is 37.2. The molecule has 1 aromatic rings. The fraction of sp³-hybridized carbons (Fsp3) is 0.533. The average molecular weight is 302 g/mol. The maximum Gasteiger partial charge on any atom is 0.416 e. The number of carbonyl (C=O) groups excluding carboxylic acids is 1. The average Bonchev–Trinajstić information content (AvgIpc) is 2.44. The molecule has 1 amide bonds. The zero-order valence-corrected chi connectivity index (χ0v) is 12.3. The summed E-state index contributed by atoms with van der Waals surface area (Å²) in [6.45, 7) is 3.20. The van der Waals surface area contributed by atoms with E-state index in [0.717, 1.165) is 31.5 Å². The molecule has 1 rings (SSSR count). The Balaban J connectivity index is 2.37. The summed E-state index contributed by atoms with van der Waals surface area (Å²) in [7, 11) is 1.76. The molecule has 0 bridgehead atoms. The monoisotopic (exact) mass is 302 g/mol. The second-order valence-electron chi connectivity index (χ2n) is 4.92. The molecule has 0 radical (unpaired) electrons. The summed E-state index contributed by atoms with van der Waals surface area (Å²) in [6, 6.07) is 4.79. The highest BCUT2D eigenvalue weighted by molar-refractivity contribution is 5.76. The third kappa shape index (κ3) is 6.06. The maximum atomic E-state index is 12.4. The maximum absolute atomic E-state index is 12.4. The van der Waals surface area contributed by atoms with Crippen LogP contribution in [0, 0.1) is 0 Å². The second-order valence-corrected chi connectivity index (χ2v) is 4.92. The van der Waals surface area contributed by atoms with E-state index in [1.54, 1.807) is 11.9 Å². The molecule has 21 heavy (non-hydrogen) atoms. The summed E-state index contributed by atoms with van der Waals surface area (Å²) >= 11 is 0. The molecule has 118 valence electrons. The predicted molar refractivity (Wildman–Crippen MR) is 77.1 cm³/mol. The molecule has 0 atom stereocenters. The smallest absolute Gasteiger partial charge is 0.385 e. The van der Waals surface area contributed by atoms with E-state index in [2.05, 4.69) is 12.2 Å². The fourth-order valence-electron chi connectivity index (χ4n) is 1.80. The van der Waals surface area contributed by atoms with E-state index in [9.17, 15) is 18.0 Å². The topological polar surface area (TPSA) is 32.3 Å². The first-order valence-corrected chi connectivity index (χ1v) is 6.99. The standard InChI is InChI=1S/C15H21F3N2O/c1-3-4-11-20(2)14(21)9-10-19-13-7-5-12(6-8-13)15(16,17)18/h5-8,19H,3-4,9-11H2,1-2H3. The minimum absolute atomic E-state index is 0.0304. The lowest BCUT2D eigenvalue weighted by Crippen LogP contribution is -2.29. The molecule has 1 aromatic carbocycles. The Kier molecular flexibility index (Phi) is 6.52. The van der Waals surface area contributed by atoms with Crippen LogP contribution in [0.2, 0.25) is 0 Å². The van der Waals surface area contributed by atoms with Gasteiger partial charge in [0.25, 0.3) is 0 Å². The second kappa shape index (κ2) is 7.90. The van der Waals surface area contributed by atoms with Gasteiger partial charge >= 0.3 is 6.18 Å². The SMILES string of the molecule is CCCCN(C)C(=O)CCNc1ccc(C(F)(F)F)cc1. The number of anilines is 1. The molecule has 0 fully saturated rings. The van der Waals surface area contributed by atoms with Crippen molar-refractivity contribution in [2.45, 2.75) is 32.4 Å². The molecule has 3 nitrogen and oxygen atoms in total. The van der Waals surface area contributed by atoms with E-state index in [0.29, 0.717) is 18.7 Å². The van der Waals surface area contributed by atoms with Crippen LogP contribution in [0.1, 0.15) is 31.7 Å². The first-order chi connectivity index (χ1) is 9.84. The minimum Gasteiger partial charge on any atom is -0.385 e.